The van der Waals surface area contributed by atoms with Crippen LogP contribution in [0.4, 0.5) is 5.82 Å². The number of ether oxygens (including phenoxy) is 1. The van der Waals surface area contributed by atoms with Gasteiger partial charge in [0.25, 0.3) is 0 Å². The number of carbonyl (C=O) groups excluding carboxylic acids is 3. The van der Waals surface area contributed by atoms with Gasteiger partial charge in [0.1, 0.15) is 5.82 Å². The summed E-state index contributed by atoms with van der Waals surface area (Å²) in [5.74, 6) is -0.0509. The Hall–Kier alpha value is -3.16. The molecule has 1 aromatic heterocycles. The van der Waals surface area contributed by atoms with Gasteiger partial charge in [0.15, 0.2) is 0 Å². The summed E-state index contributed by atoms with van der Waals surface area (Å²) >= 11 is 0. The van der Waals surface area contributed by atoms with Crippen molar-refractivity contribution in [3.05, 3.63) is 41.6 Å². The summed E-state index contributed by atoms with van der Waals surface area (Å²) in [5.41, 5.74) is 2.68. The molecule has 8 heteroatoms. The number of nitrogens with one attached hydrogen (secondary N) is 1. The topological polar surface area (TPSA) is 93.5 Å². The van der Waals surface area contributed by atoms with Crippen LogP contribution < -0.4 is 5.32 Å². The highest BCUT2D eigenvalue weighted by atomic mass is 16.5. The van der Waals surface area contributed by atoms with Crippen LogP contribution in [-0.4, -0.2) is 52.2 Å². The predicted octanol–water partition coefficient (Wildman–Crippen LogP) is 4.00. The molecule has 1 fully saturated rings. The van der Waals surface area contributed by atoms with Gasteiger partial charge < -0.3 is 15.0 Å². The van der Waals surface area contributed by atoms with Crippen molar-refractivity contribution in [3.8, 4) is 5.69 Å². The van der Waals surface area contributed by atoms with E-state index < -0.39 is 0 Å². The van der Waals surface area contributed by atoms with E-state index >= 15 is 0 Å². The maximum Gasteiger partial charge on any atom is 0.309 e. The number of benzene rings is 1. The fraction of sp³-hybridized carbons (Fsp3) is 0.538. The molecule has 8 nitrogen and oxygen atoms in total. The van der Waals surface area contributed by atoms with E-state index in [9.17, 15) is 14.4 Å². The van der Waals surface area contributed by atoms with Crippen molar-refractivity contribution >= 4 is 23.6 Å². The minimum Gasteiger partial charge on any atom is -0.466 e. The van der Waals surface area contributed by atoms with Gasteiger partial charge in [-0.1, -0.05) is 38.5 Å². The molecule has 1 aliphatic heterocycles. The average Bonchev–Trinajstić information content (AvgIpc) is 3.22. The van der Waals surface area contributed by atoms with Crippen molar-refractivity contribution in [2.24, 2.45) is 5.92 Å². The van der Waals surface area contributed by atoms with Crippen molar-refractivity contribution < 1.29 is 19.1 Å². The summed E-state index contributed by atoms with van der Waals surface area (Å²) in [6.45, 7) is 11.4. The number of hydrogen-bond donors (Lipinski definition) is 1. The minimum absolute atomic E-state index is 0.0696. The van der Waals surface area contributed by atoms with Crippen LogP contribution in [0, 0.1) is 12.8 Å². The van der Waals surface area contributed by atoms with Gasteiger partial charge in [-0.3, -0.25) is 14.4 Å². The van der Waals surface area contributed by atoms with Gasteiger partial charge in [0.05, 0.1) is 23.9 Å². The Labute approximate surface area is 201 Å². The molecule has 1 saturated heterocycles. The second-order valence-electron chi connectivity index (χ2n) is 9.87. The number of anilines is 1. The Kier molecular flexibility index (Phi) is 8.12. The number of likely N-dealkylation sites (tertiary alicyclic amines) is 1. The first-order valence-electron chi connectivity index (χ1n) is 12.0. The summed E-state index contributed by atoms with van der Waals surface area (Å²) in [7, 11) is 0. The number of nitrogens with zero attached hydrogens (tertiary/aromatic N) is 3. The third-order valence-electron chi connectivity index (χ3n) is 6.06. The van der Waals surface area contributed by atoms with Gasteiger partial charge in [-0.25, -0.2) is 4.68 Å². The molecular formula is C26H36N4O4. The van der Waals surface area contributed by atoms with E-state index in [4.69, 9.17) is 9.84 Å². The monoisotopic (exact) mass is 468 g/mol. The van der Waals surface area contributed by atoms with Gasteiger partial charge in [-0.05, 0) is 38.8 Å². The van der Waals surface area contributed by atoms with E-state index in [1.54, 1.807) is 16.5 Å². The quantitative estimate of drug-likeness (QED) is 0.620. The van der Waals surface area contributed by atoms with Crippen LogP contribution in [0.15, 0.2) is 30.3 Å². The largest absolute Gasteiger partial charge is 0.466 e. The summed E-state index contributed by atoms with van der Waals surface area (Å²) < 4.78 is 6.82. The molecule has 1 aromatic carbocycles. The summed E-state index contributed by atoms with van der Waals surface area (Å²) in [6, 6.07) is 9.83. The van der Waals surface area contributed by atoms with Crippen LogP contribution in [0.2, 0.25) is 0 Å². The molecule has 184 valence electrons. The minimum atomic E-state index is -0.233. The lowest BCUT2D eigenvalue weighted by molar-refractivity contribution is -0.151. The number of aromatic nitrogens is 2. The number of hydrogen-bond acceptors (Lipinski definition) is 5. The third-order valence-corrected chi connectivity index (χ3v) is 6.06. The zero-order valence-electron chi connectivity index (χ0n) is 20.9. The number of rotatable bonds is 7. The average molecular weight is 469 g/mol. The van der Waals surface area contributed by atoms with E-state index in [-0.39, 0.29) is 42.0 Å². The second kappa shape index (κ2) is 10.8. The highest BCUT2D eigenvalue weighted by Gasteiger charge is 2.28. The SMILES string of the molecule is CCOC(=O)C1CCN(C(=O)CCC(=O)Nc2cc(C(C)(C)C)nn2-c2ccc(C)cc2)CC1. The zero-order chi connectivity index (χ0) is 24.9. The molecule has 1 aliphatic rings. The number of aryl methyl sites for hydroxylation is 1. The van der Waals surface area contributed by atoms with Crippen molar-refractivity contribution in [3.63, 3.8) is 0 Å². The molecule has 2 heterocycles. The van der Waals surface area contributed by atoms with Gasteiger partial charge in [0, 0.05) is 37.4 Å². The van der Waals surface area contributed by atoms with Gasteiger partial charge in [0.2, 0.25) is 11.8 Å². The number of esters is 1. The summed E-state index contributed by atoms with van der Waals surface area (Å²) in [4.78, 5) is 39.0. The normalized spacial score (nSPS) is 14.7. The van der Waals surface area contributed by atoms with Crippen molar-refractivity contribution in [2.75, 3.05) is 25.0 Å². The van der Waals surface area contributed by atoms with Crippen molar-refractivity contribution in [1.82, 2.24) is 14.7 Å². The van der Waals surface area contributed by atoms with Gasteiger partial charge in [-0.15, -0.1) is 0 Å². The first kappa shape index (κ1) is 25.5. The van der Waals surface area contributed by atoms with E-state index in [2.05, 4.69) is 26.1 Å². The van der Waals surface area contributed by atoms with Crippen molar-refractivity contribution in [2.45, 2.75) is 65.7 Å². The maximum atomic E-state index is 12.7. The Morgan fingerprint density at radius 3 is 2.32 bits per heavy atom. The lowest BCUT2D eigenvalue weighted by atomic mass is 9.92. The molecule has 0 aliphatic carbocycles. The highest BCUT2D eigenvalue weighted by molar-refractivity contribution is 5.93. The highest BCUT2D eigenvalue weighted by Crippen LogP contribution is 2.27. The fourth-order valence-electron chi connectivity index (χ4n) is 3.93. The number of amides is 2. The Morgan fingerprint density at radius 2 is 1.74 bits per heavy atom. The molecule has 0 bridgehead atoms. The molecule has 34 heavy (non-hydrogen) atoms. The zero-order valence-corrected chi connectivity index (χ0v) is 20.9. The van der Waals surface area contributed by atoms with Crippen LogP contribution in [0.25, 0.3) is 5.69 Å². The first-order valence-corrected chi connectivity index (χ1v) is 12.0. The molecule has 2 amide bonds. The maximum absolute atomic E-state index is 12.7. The van der Waals surface area contributed by atoms with E-state index in [0.717, 1.165) is 16.9 Å². The van der Waals surface area contributed by atoms with Gasteiger partial charge in [-0.2, -0.15) is 5.10 Å². The lowest BCUT2D eigenvalue weighted by Crippen LogP contribution is -2.40. The Morgan fingerprint density at radius 1 is 1.09 bits per heavy atom. The van der Waals surface area contributed by atoms with Crippen LogP contribution in [0.1, 0.15) is 64.6 Å². The molecule has 2 aromatic rings. The molecule has 0 saturated carbocycles. The smallest absolute Gasteiger partial charge is 0.309 e. The predicted molar refractivity (Wildman–Crippen MR) is 131 cm³/mol. The number of carbonyl (C=O) groups is 3. The third kappa shape index (κ3) is 6.46. The molecule has 3 rings (SSSR count). The molecule has 0 spiro atoms. The molecule has 0 atom stereocenters. The van der Waals surface area contributed by atoms with Crippen LogP contribution in [0.3, 0.4) is 0 Å². The van der Waals surface area contributed by atoms with Crippen LogP contribution >= 0.6 is 0 Å². The van der Waals surface area contributed by atoms with Crippen molar-refractivity contribution in [1.29, 1.82) is 0 Å². The van der Waals surface area contributed by atoms with Gasteiger partial charge >= 0.3 is 5.97 Å². The Balaban J connectivity index is 1.59. The summed E-state index contributed by atoms with van der Waals surface area (Å²) in [5, 5.41) is 7.67. The molecule has 0 unspecified atom stereocenters. The molecule has 0 radical (unpaired) electrons. The number of piperidine rings is 1. The van der Waals surface area contributed by atoms with Crippen LogP contribution in [0.5, 0.6) is 0 Å². The summed E-state index contributed by atoms with van der Waals surface area (Å²) in [6.07, 6.45) is 1.41. The second-order valence-corrected chi connectivity index (χ2v) is 9.87. The molecular weight excluding hydrogens is 432 g/mol. The lowest BCUT2D eigenvalue weighted by Gasteiger charge is -2.30. The van der Waals surface area contributed by atoms with Crippen LogP contribution in [-0.2, 0) is 24.5 Å². The Bertz CT molecular complexity index is 1010. The standard InChI is InChI=1S/C26H36N4O4/c1-6-34-25(33)19-13-15-29(16-14-19)24(32)12-11-23(31)27-22-17-21(26(3,4)5)28-30(22)20-9-7-18(2)8-10-20/h7-10,17,19H,6,11-16H2,1-5H3,(H,27,31). The van der Waals surface area contributed by atoms with E-state index in [1.165, 1.54) is 0 Å². The fourth-order valence-corrected chi connectivity index (χ4v) is 3.93. The van der Waals surface area contributed by atoms with E-state index in [1.807, 2.05) is 37.3 Å². The first-order chi connectivity index (χ1) is 16.1. The van der Waals surface area contributed by atoms with E-state index in [0.29, 0.717) is 38.4 Å². The molecule has 1 N–H and O–H groups in total.